The number of hydrogen-bond donors (Lipinski definition) is 2. The summed E-state index contributed by atoms with van der Waals surface area (Å²) in [5.41, 5.74) is 0.211. The van der Waals surface area contributed by atoms with Gasteiger partial charge in [-0.1, -0.05) is 0 Å². The van der Waals surface area contributed by atoms with Crippen molar-refractivity contribution in [1.29, 1.82) is 0 Å². The lowest BCUT2D eigenvalue weighted by Crippen LogP contribution is -2.52. The molecular formula is C13H27N3O2. The number of piperidine rings is 1. The average Bonchev–Trinajstić information content (AvgIpc) is 2.28. The van der Waals surface area contributed by atoms with E-state index in [4.69, 9.17) is 5.11 Å². The molecule has 1 fully saturated rings. The van der Waals surface area contributed by atoms with Gasteiger partial charge in [-0.25, -0.2) is 4.79 Å². The predicted octanol–water partition coefficient (Wildman–Crippen LogP) is 0.883. The fourth-order valence-electron chi connectivity index (χ4n) is 2.23. The number of rotatable bonds is 3. The number of hydrogen-bond acceptors (Lipinski definition) is 3. The summed E-state index contributed by atoms with van der Waals surface area (Å²) in [6, 6.07) is 0.176. The van der Waals surface area contributed by atoms with Crippen LogP contribution in [-0.4, -0.2) is 65.8 Å². The summed E-state index contributed by atoms with van der Waals surface area (Å²) in [7, 11) is 1.70. The molecule has 106 valence electrons. The number of amides is 2. The highest BCUT2D eigenvalue weighted by Gasteiger charge is 2.27. The van der Waals surface area contributed by atoms with Crippen molar-refractivity contribution >= 4 is 6.03 Å². The van der Waals surface area contributed by atoms with Crippen LogP contribution in [0.2, 0.25) is 0 Å². The van der Waals surface area contributed by atoms with Crippen molar-refractivity contribution < 1.29 is 9.90 Å². The third-order valence-electron chi connectivity index (χ3n) is 3.55. The lowest BCUT2D eigenvalue weighted by Gasteiger charge is -2.41. The van der Waals surface area contributed by atoms with Crippen molar-refractivity contribution in [1.82, 2.24) is 15.1 Å². The molecule has 18 heavy (non-hydrogen) atoms. The number of carbonyl (C=O) groups excluding carboxylic acids is 1. The van der Waals surface area contributed by atoms with Crippen molar-refractivity contribution in [3.63, 3.8) is 0 Å². The molecular weight excluding hydrogens is 230 g/mol. The maximum absolute atomic E-state index is 11.8. The highest BCUT2D eigenvalue weighted by Crippen LogP contribution is 2.20. The zero-order valence-electron chi connectivity index (χ0n) is 12.1. The topological polar surface area (TPSA) is 55.8 Å². The zero-order valence-corrected chi connectivity index (χ0v) is 12.1. The van der Waals surface area contributed by atoms with E-state index in [0.29, 0.717) is 6.54 Å². The van der Waals surface area contributed by atoms with Gasteiger partial charge in [0.15, 0.2) is 0 Å². The SMILES string of the molecule is CN(CCO)C(=O)NC1CCN(C(C)(C)C)CC1. The van der Waals surface area contributed by atoms with E-state index >= 15 is 0 Å². The van der Waals surface area contributed by atoms with E-state index in [-0.39, 0.29) is 24.2 Å². The molecule has 1 heterocycles. The molecule has 0 aromatic heterocycles. The first-order chi connectivity index (χ1) is 8.34. The number of aliphatic hydroxyl groups is 1. The third kappa shape index (κ3) is 4.46. The second-order valence-electron chi connectivity index (χ2n) is 6.03. The van der Waals surface area contributed by atoms with E-state index in [1.807, 2.05) is 0 Å². The monoisotopic (exact) mass is 257 g/mol. The van der Waals surface area contributed by atoms with Gasteiger partial charge < -0.3 is 15.3 Å². The predicted molar refractivity (Wildman–Crippen MR) is 72.6 cm³/mol. The van der Waals surface area contributed by atoms with Gasteiger partial charge in [-0.15, -0.1) is 0 Å². The summed E-state index contributed by atoms with van der Waals surface area (Å²) in [5, 5.41) is 11.8. The van der Waals surface area contributed by atoms with Gasteiger partial charge in [-0.3, -0.25) is 4.90 Å². The third-order valence-corrected chi connectivity index (χ3v) is 3.55. The summed E-state index contributed by atoms with van der Waals surface area (Å²) in [5.74, 6) is 0. The Hall–Kier alpha value is -0.810. The molecule has 5 nitrogen and oxygen atoms in total. The van der Waals surface area contributed by atoms with E-state index < -0.39 is 0 Å². The number of nitrogens with zero attached hydrogens (tertiary/aromatic N) is 2. The lowest BCUT2D eigenvalue weighted by molar-refractivity contribution is 0.0959. The Labute approximate surface area is 110 Å². The van der Waals surface area contributed by atoms with Crippen molar-refractivity contribution in [2.75, 3.05) is 33.3 Å². The van der Waals surface area contributed by atoms with Gasteiger partial charge >= 0.3 is 6.03 Å². The fraction of sp³-hybridized carbons (Fsp3) is 0.923. The molecule has 0 bridgehead atoms. The number of urea groups is 1. The van der Waals surface area contributed by atoms with Gasteiger partial charge in [0.1, 0.15) is 0 Å². The van der Waals surface area contributed by atoms with Crippen LogP contribution in [0.4, 0.5) is 4.79 Å². The largest absolute Gasteiger partial charge is 0.395 e. The van der Waals surface area contributed by atoms with Crippen LogP contribution in [-0.2, 0) is 0 Å². The lowest BCUT2D eigenvalue weighted by atomic mass is 9.98. The van der Waals surface area contributed by atoms with Gasteiger partial charge in [0, 0.05) is 38.3 Å². The minimum atomic E-state index is -0.0849. The Kier molecular flexibility index (Phi) is 5.41. The summed E-state index contributed by atoms with van der Waals surface area (Å²) >= 11 is 0. The van der Waals surface area contributed by atoms with Crippen LogP contribution in [0.5, 0.6) is 0 Å². The number of carbonyl (C=O) groups is 1. The molecule has 1 rings (SSSR count). The second-order valence-corrected chi connectivity index (χ2v) is 6.03. The van der Waals surface area contributed by atoms with E-state index in [1.54, 1.807) is 7.05 Å². The van der Waals surface area contributed by atoms with Crippen LogP contribution in [0.3, 0.4) is 0 Å². The van der Waals surface area contributed by atoms with Crippen LogP contribution in [0.25, 0.3) is 0 Å². The highest BCUT2D eigenvalue weighted by atomic mass is 16.3. The van der Waals surface area contributed by atoms with Gasteiger partial charge in [0.25, 0.3) is 0 Å². The number of aliphatic hydroxyl groups excluding tert-OH is 1. The quantitative estimate of drug-likeness (QED) is 0.789. The van der Waals surface area contributed by atoms with Crippen LogP contribution in [0.1, 0.15) is 33.6 Å². The smallest absolute Gasteiger partial charge is 0.317 e. The first-order valence-electron chi connectivity index (χ1n) is 6.72. The zero-order chi connectivity index (χ0) is 13.8. The molecule has 0 saturated carbocycles. The van der Waals surface area contributed by atoms with Crippen molar-refractivity contribution in [2.45, 2.75) is 45.2 Å². The Balaban J connectivity index is 2.33. The van der Waals surface area contributed by atoms with E-state index in [0.717, 1.165) is 25.9 Å². The minimum absolute atomic E-state index is 0.00634. The molecule has 1 aliphatic rings. The first-order valence-corrected chi connectivity index (χ1v) is 6.72. The molecule has 0 atom stereocenters. The highest BCUT2D eigenvalue weighted by molar-refractivity contribution is 5.74. The van der Waals surface area contributed by atoms with Gasteiger partial charge in [-0.05, 0) is 33.6 Å². The fourth-order valence-corrected chi connectivity index (χ4v) is 2.23. The molecule has 0 aromatic carbocycles. The van der Waals surface area contributed by atoms with Crippen LogP contribution in [0, 0.1) is 0 Å². The maximum Gasteiger partial charge on any atom is 0.317 e. The number of nitrogens with one attached hydrogen (secondary N) is 1. The van der Waals surface area contributed by atoms with E-state index in [1.165, 1.54) is 4.90 Å². The van der Waals surface area contributed by atoms with E-state index in [9.17, 15) is 4.79 Å². The second kappa shape index (κ2) is 6.38. The van der Waals surface area contributed by atoms with Crippen LogP contribution < -0.4 is 5.32 Å². The Morgan fingerprint density at radius 1 is 1.39 bits per heavy atom. The standard InChI is InChI=1S/C13H27N3O2/c1-13(2,3)16-7-5-11(6-8-16)14-12(18)15(4)9-10-17/h11,17H,5-10H2,1-4H3,(H,14,18). The van der Waals surface area contributed by atoms with Gasteiger partial charge in [-0.2, -0.15) is 0 Å². The molecule has 1 saturated heterocycles. The van der Waals surface area contributed by atoms with Crippen molar-refractivity contribution in [2.24, 2.45) is 0 Å². The molecule has 2 N–H and O–H groups in total. The Morgan fingerprint density at radius 3 is 2.39 bits per heavy atom. The molecule has 2 amide bonds. The summed E-state index contributed by atoms with van der Waals surface area (Å²) in [6.45, 7) is 9.11. The molecule has 1 aliphatic heterocycles. The molecule has 0 aromatic rings. The Morgan fingerprint density at radius 2 is 1.94 bits per heavy atom. The number of likely N-dealkylation sites (tertiary alicyclic amines) is 1. The molecule has 0 unspecified atom stereocenters. The van der Waals surface area contributed by atoms with Crippen molar-refractivity contribution in [3.05, 3.63) is 0 Å². The average molecular weight is 257 g/mol. The van der Waals surface area contributed by atoms with Gasteiger partial charge in [0.2, 0.25) is 0 Å². The molecule has 0 aliphatic carbocycles. The Bertz CT molecular complexity index is 268. The maximum atomic E-state index is 11.8. The summed E-state index contributed by atoms with van der Waals surface area (Å²) < 4.78 is 0. The number of likely N-dealkylation sites (N-methyl/N-ethyl adjacent to an activating group) is 1. The molecule has 0 spiro atoms. The molecule has 0 radical (unpaired) electrons. The molecule has 5 heteroatoms. The van der Waals surface area contributed by atoms with E-state index in [2.05, 4.69) is 31.0 Å². The van der Waals surface area contributed by atoms with Crippen LogP contribution >= 0.6 is 0 Å². The first kappa shape index (κ1) is 15.2. The summed E-state index contributed by atoms with van der Waals surface area (Å²) in [4.78, 5) is 15.7. The normalized spacial score (nSPS) is 18.7. The van der Waals surface area contributed by atoms with Crippen LogP contribution in [0.15, 0.2) is 0 Å². The summed E-state index contributed by atoms with van der Waals surface area (Å²) in [6.07, 6.45) is 1.99. The minimum Gasteiger partial charge on any atom is -0.395 e. The van der Waals surface area contributed by atoms with Crippen molar-refractivity contribution in [3.8, 4) is 0 Å². The van der Waals surface area contributed by atoms with Gasteiger partial charge in [0.05, 0.1) is 6.61 Å².